The largest absolute Gasteiger partial charge is 0.478 e. The van der Waals surface area contributed by atoms with Crippen LogP contribution in [0.15, 0.2) is 55.0 Å². The molecule has 0 saturated carbocycles. The Morgan fingerprint density at radius 3 is 2.67 bits per heavy atom. The first kappa shape index (κ1) is 15.9. The van der Waals surface area contributed by atoms with Crippen molar-refractivity contribution >= 4 is 5.97 Å². The summed E-state index contributed by atoms with van der Waals surface area (Å²) in [5.74, 6) is -0.452. The highest BCUT2D eigenvalue weighted by Crippen LogP contribution is 2.10. The highest BCUT2D eigenvalue weighted by molar-refractivity contribution is 5.86. The molecule has 122 valence electrons. The molecule has 3 aromatic rings. The fraction of sp³-hybridized carbons (Fsp3) is 0.167. The molecule has 1 aromatic carbocycles. The van der Waals surface area contributed by atoms with Gasteiger partial charge in [0, 0.05) is 12.4 Å². The van der Waals surface area contributed by atoms with Gasteiger partial charge in [0.25, 0.3) is 0 Å². The van der Waals surface area contributed by atoms with Crippen molar-refractivity contribution < 1.29 is 14.6 Å². The maximum Gasteiger partial charge on any atom is 0.338 e. The van der Waals surface area contributed by atoms with E-state index in [9.17, 15) is 4.79 Å². The number of benzene rings is 1. The van der Waals surface area contributed by atoms with Crippen molar-refractivity contribution in [1.29, 1.82) is 0 Å². The number of carboxylic acid groups (broad SMARTS) is 1. The zero-order chi connectivity index (χ0) is 16.9. The molecule has 6 heteroatoms. The molecule has 3 rings (SSSR count). The van der Waals surface area contributed by atoms with Gasteiger partial charge in [-0.3, -0.25) is 0 Å². The van der Waals surface area contributed by atoms with E-state index in [-0.39, 0.29) is 5.56 Å². The average molecular weight is 323 g/mol. The second kappa shape index (κ2) is 7.06. The summed E-state index contributed by atoms with van der Waals surface area (Å²) >= 11 is 0. The van der Waals surface area contributed by atoms with Gasteiger partial charge in [-0.2, -0.15) is 5.10 Å². The summed E-state index contributed by atoms with van der Waals surface area (Å²) in [6, 6.07) is 11.9. The van der Waals surface area contributed by atoms with Crippen LogP contribution in [-0.2, 0) is 18.0 Å². The molecule has 2 aromatic heterocycles. The number of pyridine rings is 1. The molecule has 0 fully saturated rings. The number of nitrogens with zero attached hydrogens (tertiary/aromatic N) is 3. The van der Waals surface area contributed by atoms with Crippen LogP contribution >= 0.6 is 0 Å². The molecule has 0 amide bonds. The van der Waals surface area contributed by atoms with Crippen LogP contribution in [-0.4, -0.2) is 25.8 Å². The zero-order valence-corrected chi connectivity index (χ0v) is 13.2. The van der Waals surface area contributed by atoms with Gasteiger partial charge in [0.1, 0.15) is 0 Å². The molecule has 0 aliphatic carbocycles. The molecule has 1 N–H and O–H groups in total. The molecule has 2 heterocycles. The molecule has 0 unspecified atom stereocenters. The molecule has 24 heavy (non-hydrogen) atoms. The van der Waals surface area contributed by atoms with E-state index >= 15 is 0 Å². The molecule has 0 bridgehead atoms. The smallest absolute Gasteiger partial charge is 0.338 e. The maximum atomic E-state index is 10.9. The second-order valence-electron chi connectivity index (χ2n) is 5.49. The predicted molar refractivity (Wildman–Crippen MR) is 88.0 cm³/mol. The lowest BCUT2D eigenvalue weighted by atomic mass is 10.1. The number of ether oxygens (including phenoxy) is 1. The first-order valence-corrected chi connectivity index (χ1v) is 7.48. The molecule has 0 saturated heterocycles. The number of aryl methyl sites for hydroxylation is 1. The number of aromatic nitrogens is 3. The van der Waals surface area contributed by atoms with Crippen molar-refractivity contribution in [2.45, 2.75) is 20.1 Å². The summed E-state index contributed by atoms with van der Waals surface area (Å²) in [7, 11) is 0. The van der Waals surface area contributed by atoms with Crippen molar-refractivity contribution in [3.8, 4) is 5.82 Å². The van der Waals surface area contributed by atoms with Gasteiger partial charge in [-0.05, 0) is 24.1 Å². The van der Waals surface area contributed by atoms with E-state index in [4.69, 9.17) is 9.84 Å². The summed E-state index contributed by atoms with van der Waals surface area (Å²) in [6.45, 7) is 3.06. The minimum absolute atomic E-state index is 0.127. The molecule has 0 radical (unpaired) electrons. The van der Waals surface area contributed by atoms with Crippen LogP contribution in [0.2, 0.25) is 0 Å². The summed E-state index contributed by atoms with van der Waals surface area (Å²) in [4.78, 5) is 15.2. The van der Waals surface area contributed by atoms with Gasteiger partial charge >= 0.3 is 5.97 Å². The normalized spacial score (nSPS) is 10.7. The fourth-order valence-corrected chi connectivity index (χ4v) is 2.28. The first-order valence-electron chi connectivity index (χ1n) is 7.48. The van der Waals surface area contributed by atoms with Crippen LogP contribution in [0, 0.1) is 6.92 Å². The average Bonchev–Trinajstić information content (AvgIpc) is 3.06. The maximum absolute atomic E-state index is 10.9. The lowest BCUT2D eigenvalue weighted by molar-refractivity contribution is 0.0697. The van der Waals surface area contributed by atoms with E-state index < -0.39 is 5.97 Å². The number of aromatic carboxylic acids is 1. The summed E-state index contributed by atoms with van der Waals surface area (Å²) in [5.41, 5.74) is 3.42. The van der Waals surface area contributed by atoms with Crippen LogP contribution in [0.4, 0.5) is 0 Å². The third-order valence-electron chi connectivity index (χ3n) is 3.49. The van der Waals surface area contributed by atoms with Crippen molar-refractivity contribution in [3.63, 3.8) is 0 Å². The van der Waals surface area contributed by atoms with Crippen LogP contribution in [0.1, 0.15) is 27.0 Å². The van der Waals surface area contributed by atoms with Gasteiger partial charge in [-0.25, -0.2) is 14.5 Å². The Kier molecular flexibility index (Phi) is 4.67. The van der Waals surface area contributed by atoms with Crippen molar-refractivity contribution in [2.75, 3.05) is 0 Å². The van der Waals surface area contributed by atoms with E-state index in [1.54, 1.807) is 12.3 Å². The monoisotopic (exact) mass is 323 g/mol. The highest BCUT2D eigenvalue weighted by Gasteiger charge is 2.07. The summed E-state index contributed by atoms with van der Waals surface area (Å²) in [5, 5.41) is 12.9. The van der Waals surface area contributed by atoms with E-state index in [1.807, 2.05) is 18.2 Å². The molecular weight excluding hydrogens is 306 g/mol. The van der Waals surface area contributed by atoms with Gasteiger partial charge in [0.2, 0.25) is 0 Å². The lowest BCUT2D eigenvalue weighted by Gasteiger charge is -2.06. The molecule has 0 aliphatic rings. The number of hydrogen-bond acceptors (Lipinski definition) is 4. The van der Waals surface area contributed by atoms with E-state index in [2.05, 4.69) is 29.1 Å². The Bertz CT molecular complexity index is 841. The number of carboxylic acids is 1. The predicted octanol–water partition coefficient (Wildman–Crippen LogP) is 2.99. The third-order valence-corrected chi connectivity index (χ3v) is 3.49. The van der Waals surface area contributed by atoms with Crippen LogP contribution < -0.4 is 0 Å². The Labute approximate surface area is 139 Å². The number of hydrogen-bond donors (Lipinski definition) is 1. The van der Waals surface area contributed by atoms with Gasteiger partial charge < -0.3 is 9.84 Å². The Hall–Kier alpha value is -2.99. The molecular formula is C18H17N3O3. The molecule has 0 spiro atoms. The Balaban J connectivity index is 1.59. The molecule has 6 nitrogen and oxygen atoms in total. The quantitative estimate of drug-likeness (QED) is 0.754. The van der Waals surface area contributed by atoms with Crippen LogP contribution in [0.25, 0.3) is 5.82 Å². The fourth-order valence-electron chi connectivity index (χ4n) is 2.28. The minimum atomic E-state index is -1.01. The van der Waals surface area contributed by atoms with Crippen LogP contribution in [0.3, 0.4) is 0 Å². The van der Waals surface area contributed by atoms with Crippen molar-refractivity contribution in [2.24, 2.45) is 0 Å². The summed E-state index contributed by atoms with van der Waals surface area (Å²) in [6.07, 6.45) is 4.43. The second-order valence-corrected chi connectivity index (χ2v) is 5.49. The van der Waals surface area contributed by atoms with Crippen molar-refractivity contribution in [3.05, 3.63) is 77.2 Å². The van der Waals surface area contributed by atoms with E-state index in [0.29, 0.717) is 19.0 Å². The van der Waals surface area contributed by atoms with Gasteiger partial charge in [0.15, 0.2) is 5.82 Å². The molecule has 0 atom stereocenters. The lowest BCUT2D eigenvalue weighted by Crippen LogP contribution is -2.00. The Morgan fingerprint density at radius 2 is 2.00 bits per heavy atom. The summed E-state index contributed by atoms with van der Waals surface area (Å²) < 4.78 is 7.13. The van der Waals surface area contributed by atoms with Gasteiger partial charge in [-0.15, -0.1) is 0 Å². The zero-order valence-electron chi connectivity index (χ0n) is 13.2. The SMILES string of the molecule is Cc1cccc(COCc2ccc(-n3cc(C(=O)O)cn3)nc2)c1. The van der Waals surface area contributed by atoms with Crippen molar-refractivity contribution in [1.82, 2.24) is 14.8 Å². The van der Waals surface area contributed by atoms with Crippen LogP contribution in [0.5, 0.6) is 0 Å². The first-order chi connectivity index (χ1) is 11.6. The van der Waals surface area contributed by atoms with Gasteiger partial charge in [-0.1, -0.05) is 35.9 Å². The highest BCUT2D eigenvalue weighted by atomic mass is 16.5. The van der Waals surface area contributed by atoms with E-state index in [0.717, 1.165) is 11.1 Å². The van der Waals surface area contributed by atoms with E-state index in [1.165, 1.54) is 22.6 Å². The van der Waals surface area contributed by atoms with Gasteiger partial charge in [0.05, 0.1) is 25.0 Å². The molecule has 0 aliphatic heterocycles. The Morgan fingerprint density at radius 1 is 1.17 bits per heavy atom. The third kappa shape index (κ3) is 3.85. The number of carbonyl (C=O) groups is 1. The standard InChI is InChI=1S/C18H17N3O3/c1-13-3-2-4-14(7-13)11-24-12-15-5-6-17(19-8-15)21-10-16(9-20-21)18(22)23/h2-10H,11-12H2,1H3,(H,22,23). The topological polar surface area (TPSA) is 77.2 Å². The minimum Gasteiger partial charge on any atom is -0.478 e. The number of rotatable bonds is 6.